The zero-order chi connectivity index (χ0) is 11.4. The van der Waals surface area contributed by atoms with E-state index in [1.165, 1.54) is 0 Å². The largest absolute Gasteiger partial charge is 0.507 e. The minimum atomic E-state index is 0.0364. The summed E-state index contributed by atoms with van der Waals surface area (Å²) in [5.74, 6) is 0.0364. The van der Waals surface area contributed by atoms with E-state index in [0.29, 0.717) is 17.4 Å². The SMILES string of the molecule is C/C(C=O)=C(\O)c1ccccc1N(C)C. The summed E-state index contributed by atoms with van der Waals surface area (Å²) in [5, 5.41) is 9.84. The van der Waals surface area contributed by atoms with Gasteiger partial charge in [0, 0.05) is 30.9 Å². The van der Waals surface area contributed by atoms with Crippen molar-refractivity contribution in [2.75, 3.05) is 19.0 Å². The van der Waals surface area contributed by atoms with Gasteiger partial charge in [-0.15, -0.1) is 0 Å². The monoisotopic (exact) mass is 205 g/mol. The number of hydrogen-bond acceptors (Lipinski definition) is 3. The molecule has 0 saturated carbocycles. The molecule has 0 radical (unpaired) electrons. The summed E-state index contributed by atoms with van der Waals surface area (Å²) in [6.07, 6.45) is 0.655. The van der Waals surface area contributed by atoms with Crippen molar-refractivity contribution in [1.29, 1.82) is 0 Å². The number of rotatable bonds is 3. The molecule has 0 atom stereocenters. The van der Waals surface area contributed by atoms with Crippen LogP contribution in [-0.2, 0) is 4.79 Å². The molecular formula is C12H15NO2. The number of benzene rings is 1. The topological polar surface area (TPSA) is 40.5 Å². The van der Waals surface area contributed by atoms with Gasteiger partial charge in [0.05, 0.1) is 0 Å². The van der Waals surface area contributed by atoms with Crippen LogP contribution in [0, 0.1) is 0 Å². The molecule has 3 heteroatoms. The summed E-state index contributed by atoms with van der Waals surface area (Å²) < 4.78 is 0. The summed E-state index contributed by atoms with van der Waals surface area (Å²) in [7, 11) is 3.78. The maximum absolute atomic E-state index is 10.6. The van der Waals surface area contributed by atoms with Crippen LogP contribution in [0.2, 0.25) is 0 Å². The van der Waals surface area contributed by atoms with Gasteiger partial charge in [-0.3, -0.25) is 4.79 Å². The Kier molecular flexibility index (Phi) is 3.50. The lowest BCUT2D eigenvalue weighted by molar-refractivity contribution is -0.104. The van der Waals surface area contributed by atoms with E-state index in [9.17, 15) is 9.90 Å². The van der Waals surface area contributed by atoms with E-state index < -0.39 is 0 Å². The van der Waals surface area contributed by atoms with E-state index in [4.69, 9.17) is 0 Å². The van der Waals surface area contributed by atoms with Crippen molar-refractivity contribution in [3.63, 3.8) is 0 Å². The molecule has 1 aromatic carbocycles. The number of hydrogen-bond donors (Lipinski definition) is 1. The van der Waals surface area contributed by atoms with Crippen LogP contribution in [-0.4, -0.2) is 25.5 Å². The summed E-state index contributed by atoms with van der Waals surface area (Å²) in [6, 6.07) is 7.40. The van der Waals surface area contributed by atoms with E-state index in [-0.39, 0.29) is 5.76 Å². The predicted molar refractivity (Wildman–Crippen MR) is 62.1 cm³/mol. The lowest BCUT2D eigenvalue weighted by Crippen LogP contribution is -2.11. The van der Waals surface area contributed by atoms with Crippen molar-refractivity contribution in [3.8, 4) is 0 Å². The summed E-state index contributed by atoms with van der Waals surface area (Å²) in [6.45, 7) is 1.59. The van der Waals surface area contributed by atoms with Gasteiger partial charge in [0.15, 0.2) is 0 Å². The highest BCUT2D eigenvalue weighted by Gasteiger charge is 2.09. The molecule has 0 aromatic heterocycles. The molecule has 0 unspecified atom stereocenters. The first-order chi connectivity index (χ1) is 7.07. The zero-order valence-electron chi connectivity index (χ0n) is 9.19. The van der Waals surface area contributed by atoms with E-state index in [1.54, 1.807) is 13.0 Å². The smallest absolute Gasteiger partial charge is 0.149 e. The Morgan fingerprint density at radius 2 is 1.93 bits per heavy atom. The van der Waals surface area contributed by atoms with Crippen LogP contribution >= 0.6 is 0 Å². The van der Waals surface area contributed by atoms with E-state index >= 15 is 0 Å². The molecule has 0 heterocycles. The van der Waals surface area contributed by atoms with Crippen LogP contribution in [0.1, 0.15) is 12.5 Å². The Labute approximate surface area is 89.6 Å². The molecule has 80 valence electrons. The molecule has 1 N–H and O–H groups in total. The van der Waals surface area contributed by atoms with E-state index in [1.807, 2.05) is 37.2 Å². The Bertz CT molecular complexity index is 394. The molecule has 1 rings (SSSR count). The molecule has 0 fully saturated rings. The minimum absolute atomic E-state index is 0.0364. The summed E-state index contributed by atoms with van der Waals surface area (Å²) >= 11 is 0. The predicted octanol–water partition coefficient (Wildman–Crippen LogP) is 2.24. The lowest BCUT2D eigenvalue weighted by Gasteiger charge is -2.17. The number of nitrogens with zero attached hydrogens (tertiary/aromatic N) is 1. The molecule has 0 aliphatic heterocycles. The Balaban J connectivity index is 3.31. The normalized spacial score (nSPS) is 11.9. The summed E-state index contributed by atoms with van der Waals surface area (Å²) in [4.78, 5) is 12.5. The quantitative estimate of drug-likeness (QED) is 0.467. The van der Waals surface area contributed by atoms with Crippen LogP contribution < -0.4 is 4.90 Å². The Hall–Kier alpha value is -1.77. The molecule has 1 aromatic rings. The molecule has 0 bridgehead atoms. The molecule has 0 spiro atoms. The maximum atomic E-state index is 10.6. The van der Waals surface area contributed by atoms with Gasteiger partial charge in [-0.25, -0.2) is 0 Å². The number of allylic oxidation sites excluding steroid dienone is 1. The average Bonchev–Trinajstić information content (AvgIpc) is 2.27. The third-order valence-corrected chi connectivity index (χ3v) is 2.19. The standard InChI is InChI=1S/C12H15NO2/c1-9(8-14)12(15)10-6-4-5-7-11(10)13(2)3/h4-8,15H,1-3H3/b12-9+. The Morgan fingerprint density at radius 1 is 1.33 bits per heavy atom. The van der Waals surface area contributed by atoms with Gasteiger partial charge < -0.3 is 10.0 Å². The molecule has 0 aliphatic carbocycles. The highest BCUT2D eigenvalue weighted by Crippen LogP contribution is 2.25. The zero-order valence-corrected chi connectivity index (χ0v) is 9.19. The van der Waals surface area contributed by atoms with E-state index in [2.05, 4.69) is 0 Å². The van der Waals surface area contributed by atoms with Crippen LogP contribution in [0.4, 0.5) is 5.69 Å². The first kappa shape index (κ1) is 11.3. The van der Waals surface area contributed by atoms with Crippen molar-refractivity contribution in [3.05, 3.63) is 35.4 Å². The molecule has 15 heavy (non-hydrogen) atoms. The van der Waals surface area contributed by atoms with Crippen LogP contribution in [0.5, 0.6) is 0 Å². The molecule has 0 aliphatic rings. The number of para-hydroxylation sites is 1. The molecular weight excluding hydrogens is 190 g/mol. The van der Waals surface area contributed by atoms with Crippen molar-refractivity contribution in [2.24, 2.45) is 0 Å². The third kappa shape index (κ3) is 2.37. The molecule has 0 saturated heterocycles. The van der Waals surface area contributed by atoms with Crippen LogP contribution in [0.15, 0.2) is 29.8 Å². The maximum Gasteiger partial charge on any atom is 0.149 e. The lowest BCUT2D eigenvalue weighted by atomic mass is 10.1. The van der Waals surface area contributed by atoms with Gasteiger partial charge in [0.25, 0.3) is 0 Å². The Morgan fingerprint density at radius 3 is 2.47 bits per heavy atom. The third-order valence-electron chi connectivity index (χ3n) is 2.19. The number of aliphatic hydroxyl groups is 1. The average molecular weight is 205 g/mol. The van der Waals surface area contributed by atoms with Gasteiger partial charge in [-0.1, -0.05) is 12.1 Å². The first-order valence-electron chi connectivity index (χ1n) is 4.69. The fraction of sp³-hybridized carbons (Fsp3) is 0.250. The van der Waals surface area contributed by atoms with Crippen molar-refractivity contribution in [1.82, 2.24) is 0 Å². The second kappa shape index (κ2) is 4.64. The van der Waals surface area contributed by atoms with Crippen molar-refractivity contribution >= 4 is 17.7 Å². The second-order valence-electron chi connectivity index (χ2n) is 3.56. The van der Waals surface area contributed by atoms with Gasteiger partial charge >= 0.3 is 0 Å². The van der Waals surface area contributed by atoms with Gasteiger partial charge in [0.1, 0.15) is 12.0 Å². The number of aliphatic hydroxyl groups excluding tert-OH is 1. The fourth-order valence-corrected chi connectivity index (χ4v) is 1.33. The van der Waals surface area contributed by atoms with Crippen molar-refractivity contribution < 1.29 is 9.90 Å². The highest BCUT2D eigenvalue weighted by molar-refractivity contribution is 5.87. The first-order valence-corrected chi connectivity index (χ1v) is 4.69. The number of aldehydes is 1. The fourth-order valence-electron chi connectivity index (χ4n) is 1.33. The van der Waals surface area contributed by atoms with Gasteiger partial charge in [-0.05, 0) is 19.1 Å². The van der Waals surface area contributed by atoms with Crippen LogP contribution in [0.25, 0.3) is 5.76 Å². The number of anilines is 1. The number of carbonyl (C=O) groups is 1. The second-order valence-corrected chi connectivity index (χ2v) is 3.56. The molecule has 0 amide bonds. The minimum Gasteiger partial charge on any atom is -0.507 e. The van der Waals surface area contributed by atoms with Crippen LogP contribution in [0.3, 0.4) is 0 Å². The highest BCUT2D eigenvalue weighted by atomic mass is 16.3. The van der Waals surface area contributed by atoms with Gasteiger partial charge in [0.2, 0.25) is 0 Å². The van der Waals surface area contributed by atoms with Gasteiger partial charge in [-0.2, -0.15) is 0 Å². The number of carbonyl (C=O) groups excluding carboxylic acids is 1. The van der Waals surface area contributed by atoms with E-state index in [0.717, 1.165) is 5.69 Å². The molecule has 3 nitrogen and oxygen atoms in total. The summed E-state index contributed by atoms with van der Waals surface area (Å²) in [5.41, 5.74) is 1.90. The van der Waals surface area contributed by atoms with Crippen molar-refractivity contribution in [2.45, 2.75) is 6.92 Å².